The molecule has 2 atom stereocenters. The van der Waals surface area contributed by atoms with E-state index in [9.17, 15) is 4.79 Å². The van der Waals surface area contributed by atoms with Crippen LogP contribution in [-0.2, 0) is 11.2 Å². The summed E-state index contributed by atoms with van der Waals surface area (Å²) >= 11 is 5.85. The molecule has 2 unspecified atom stereocenters. The molecule has 1 saturated carbocycles. The van der Waals surface area contributed by atoms with Gasteiger partial charge in [-0.3, -0.25) is 4.79 Å². The molecule has 0 aliphatic heterocycles. The van der Waals surface area contributed by atoms with Gasteiger partial charge < -0.3 is 5.32 Å². The van der Waals surface area contributed by atoms with Crippen LogP contribution in [0.5, 0.6) is 0 Å². The van der Waals surface area contributed by atoms with Crippen LogP contribution in [0.1, 0.15) is 51.0 Å². The van der Waals surface area contributed by atoms with E-state index in [0.29, 0.717) is 18.4 Å². The van der Waals surface area contributed by atoms with E-state index >= 15 is 0 Å². The van der Waals surface area contributed by atoms with Crippen molar-refractivity contribution in [3.63, 3.8) is 0 Å². The van der Waals surface area contributed by atoms with E-state index in [-0.39, 0.29) is 5.91 Å². The van der Waals surface area contributed by atoms with Crippen molar-refractivity contribution in [2.45, 2.75) is 57.9 Å². The molecule has 0 bridgehead atoms. The monoisotopic (exact) mass is 293 g/mol. The first-order valence-corrected chi connectivity index (χ1v) is 8.07. The summed E-state index contributed by atoms with van der Waals surface area (Å²) < 4.78 is 0. The summed E-state index contributed by atoms with van der Waals surface area (Å²) in [5, 5.41) is 3.97. The number of benzene rings is 1. The zero-order chi connectivity index (χ0) is 14.4. The Kier molecular flexibility index (Phi) is 5.90. The Morgan fingerprint density at radius 1 is 1.25 bits per heavy atom. The first-order valence-electron chi connectivity index (χ1n) is 7.69. The van der Waals surface area contributed by atoms with E-state index in [2.05, 4.69) is 12.2 Å². The maximum absolute atomic E-state index is 12.0. The van der Waals surface area contributed by atoms with Gasteiger partial charge in [0.05, 0.1) is 0 Å². The third-order valence-corrected chi connectivity index (χ3v) is 4.49. The van der Waals surface area contributed by atoms with Crippen molar-refractivity contribution in [3.8, 4) is 0 Å². The van der Waals surface area contributed by atoms with Crippen LogP contribution in [0.3, 0.4) is 0 Å². The summed E-state index contributed by atoms with van der Waals surface area (Å²) in [5.74, 6) is 0.835. The first kappa shape index (κ1) is 15.4. The summed E-state index contributed by atoms with van der Waals surface area (Å²) in [6, 6.07) is 8.26. The second-order valence-electron chi connectivity index (χ2n) is 5.92. The number of hydrogen-bond donors (Lipinski definition) is 1. The van der Waals surface area contributed by atoms with Crippen molar-refractivity contribution in [1.29, 1.82) is 0 Å². The minimum atomic E-state index is 0.206. The van der Waals surface area contributed by atoms with Gasteiger partial charge in [0.25, 0.3) is 0 Å². The van der Waals surface area contributed by atoms with E-state index in [1.807, 2.05) is 24.3 Å². The minimum absolute atomic E-state index is 0.206. The Morgan fingerprint density at radius 2 is 1.95 bits per heavy atom. The van der Waals surface area contributed by atoms with Crippen LogP contribution in [0, 0.1) is 5.92 Å². The number of rotatable bonds is 5. The van der Waals surface area contributed by atoms with Crippen LogP contribution < -0.4 is 5.32 Å². The van der Waals surface area contributed by atoms with Crippen molar-refractivity contribution in [2.75, 3.05) is 0 Å². The molecule has 0 aromatic heterocycles. The zero-order valence-corrected chi connectivity index (χ0v) is 13.0. The molecule has 2 nitrogen and oxygen atoms in total. The lowest BCUT2D eigenvalue weighted by Gasteiger charge is -2.29. The molecule has 1 amide bonds. The Bertz CT molecular complexity index is 429. The summed E-state index contributed by atoms with van der Waals surface area (Å²) in [4.78, 5) is 12.0. The molecule has 1 fully saturated rings. The topological polar surface area (TPSA) is 29.1 Å². The molecule has 2 rings (SSSR count). The standard InChI is InChI=1S/C17H24ClNO/c1-13-5-2-3-7-16(13)19-17(20)8-4-6-14-9-11-15(18)12-10-14/h9-13,16H,2-8H2,1H3,(H,19,20). The lowest BCUT2D eigenvalue weighted by molar-refractivity contribution is -0.122. The highest BCUT2D eigenvalue weighted by Gasteiger charge is 2.22. The van der Waals surface area contributed by atoms with Crippen LogP contribution in [0.2, 0.25) is 5.02 Å². The quantitative estimate of drug-likeness (QED) is 0.859. The maximum Gasteiger partial charge on any atom is 0.220 e. The van der Waals surface area contributed by atoms with Crippen molar-refractivity contribution >= 4 is 17.5 Å². The summed E-state index contributed by atoms with van der Waals surface area (Å²) in [6.45, 7) is 2.25. The fraction of sp³-hybridized carbons (Fsp3) is 0.588. The van der Waals surface area contributed by atoms with Gasteiger partial charge in [0.2, 0.25) is 5.91 Å². The van der Waals surface area contributed by atoms with Crippen molar-refractivity contribution in [3.05, 3.63) is 34.9 Å². The van der Waals surface area contributed by atoms with Crippen LogP contribution in [0.4, 0.5) is 0 Å². The first-order chi connectivity index (χ1) is 9.65. The molecular weight excluding hydrogens is 270 g/mol. The number of aryl methyl sites for hydroxylation is 1. The number of halogens is 1. The number of carbonyl (C=O) groups excluding carboxylic acids is 1. The number of nitrogens with one attached hydrogen (secondary N) is 1. The number of amides is 1. The van der Waals surface area contributed by atoms with Crippen LogP contribution in [0.15, 0.2) is 24.3 Å². The molecular formula is C17H24ClNO. The van der Waals surface area contributed by atoms with E-state index in [4.69, 9.17) is 11.6 Å². The van der Waals surface area contributed by atoms with Gasteiger partial charge >= 0.3 is 0 Å². The second-order valence-corrected chi connectivity index (χ2v) is 6.35. The molecule has 1 aliphatic carbocycles. The normalized spacial score (nSPS) is 22.5. The third-order valence-electron chi connectivity index (χ3n) is 4.24. The van der Waals surface area contributed by atoms with Crippen LogP contribution in [-0.4, -0.2) is 11.9 Å². The van der Waals surface area contributed by atoms with Gasteiger partial charge in [-0.05, 0) is 49.3 Å². The second kappa shape index (κ2) is 7.68. The predicted molar refractivity (Wildman–Crippen MR) is 84.0 cm³/mol. The summed E-state index contributed by atoms with van der Waals surface area (Å²) in [5.41, 5.74) is 1.24. The van der Waals surface area contributed by atoms with E-state index < -0.39 is 0 Å². The van der Waals surface area contributed by atoms with Crippen LogP contribution in [0.25, 0.3) is 0 Å². The molecule has 0 radical (unpaired) electrons. The Balaban J connectivity index is 1.68. The molecule has 1 aromatic carbocycles. The van der Waals surface area contributed by atoms with Gasteiger partial charge in [-0.2, -0.15) is 0 Å². The lowest BCUT2D eigenvalue weighted by Crippen LogP contribution is -2.40. The van der Waals surface area contributed by atoms with E-state index in [1.54, 1.807) is 0 Å². The van der Waals surface area contributed by atoms with E-state index in [1.165, 1.54) is 24.8 Å². The Morgan fingerprint density at radius 3 is 2.65 bits per heavy atom. The van der Waals surface area contributed by atoms with E-state index in [0.717, 1.165) is 24.3 Å². The third kappa shape index (κ3) is 4.82. The Labute approximate surface area is 126 Å². The highest BCUT2D eigenvalue weighted by atomic mass is 35.5. The number of carbonyl (C=O) groups is 1. The molecule has 1 N–H and O–H groups in total. The molecule has 1 aliphatic rings. The van der Waals surface area contributed by atoms with Gasteiger partial charge in [0.1, 0.15) is 0 Å². The van der Waals surface area contributed by atoms with Gasteiger partial charge in [0.15, 0.2) is 0 Å². The Hall–Kier alpha value is -1.02. The van der Waals surface area contributed by atoms with Crippen molar-refractivity contribution < 1.29 is 4.79 Å². The van der Waals surface area contributed by atoms with Gasteiger partial charge in [0, 0.05) is 17.5 Å². The fourth-order valence-corrected chi connectivity index (χ4v) is 3.04. The average molecular weight is 294 g/mol. The predicted octanol–water partition coefficient (Wildman–Crippen LogP) is 4.36. The van der Waals surface area contributed by atoms with Gasteiger partial charge in [-0.15, -0.1) is 0 Å². The highest BCUT2D eigenvalue weighted by Crippen LogP contribution is 2.23. The molecule has 20 heavy (non-hydrogen) atoms. The molecule has 0 spiro atoms. The lowest BCUT2D eigenvalue weighted by atomic mass is 9.86. The van der Waals surface area contributed by atoms with Crippen molar-refractivity contribution in [1.82, 2.24) is 5.32 Å². The molecule has 0 heterocycles. The average Bonchev–Trinajstić information content (AvgIpc) is 2.44. The summed E-state index contributed by atoms with van der Waals surface area (Å²) in [7, 11) is 0. The molecule has 3 heteroatoms. The summed E-state index contributed by atoms with van der Waals surface area (Å²) in [6.07, 6.45) is 7.40. The zero-order valence-electron chi connectivity index (χ0n) is 12.2. The molecule has 0 saturated heterocycles. The molecule has 1 aromatic rings. The number of hydrogen-bond acceptors (Lipinski definition) is 1. The van der Waals surface area contributed by atoms with Gasteiger partial charge in [-0.1, -0.05) is 43.5 Å². The molecule has 110 valence electrons. The minimum Gasteiger partial charge on any atom is -0.353 e. The van der Waals surface area contributed by atoms with Gasteiger partial charge in [-0.25, -0.2) is 0 Å². The smallest absolute Gasteiger partial charge is 0.220 e. The fourth-order valence-electron chi connectivity index (χ4n) is 2.91. The van der Waals surface area contributed by atoms with Crippen molar-refractivity contribution in [2.24, 2.45) is 5.92 Å². The largest absolute Gasteiger partial charge is 0.353 e. The van der Waals surface area contributed by atoms with Crippen LogP contribution >= 0.6 is 11.6 Å². The SMILES string of the molecule is CC1CCCCC1NC(=O)CCCc1ccc(Cl)cc1. The highest BCUT2D eigenvalue weighted by molar-refractivity contribution is 6.30. The maximum atomic E-state index is 12.0.